The number of aryl methyl sites for hydroxylation is 1. The first-order chi connectivity index (χ1) is 6.27. The predicted molar refractivity (Wildman–Crippen MR) is 57.1 cm³/mol. The van der Waals surface area contributed by atoms with Gasteiger partial charge in [-0.25, -0.2) is 0 Å². The smallest absolute Gasteiger partial charge is 0.0613 e. The van der Waals surface area contributed by atoms with Crippen LogP contribution in [0.25, 0.3) is 0 Å². The number of halogens is 1. The van der Waals surface area contributed by atoms with Crippen molar-refractivity contribution >= 4 is 11.6 Å². The molecule has 1 saturated carbocycles. The van der Waals surface area contributed by atoms with Crippen LogP contribution in [0.3, 0.4) is 0 Å². The number of rotatable bonds is 2. The molecule has 1 aromatic rings. The summed E-state index contributed by atoms with van der Waals surface area (Å²) in [4.78, 5) is 0. The zero-order valence-corrected chi connectivity index (χ0v) is 8.72. The molecule has 0 saturated heterocycles. The van der Waals surface area contributed by atoms with Gasteiger partial charge in [-0.05, 0) is 31.2 Å². The standard InChI is InChI=1S/C12H15Cl/c1-9-5-7-11(8-6-9)12(13)10-3-2-4-10/h5-8,10,12H,2-4H2,1H3. The molecule has 0 bridgehead atoms. The number of hydrogen-bond acceptors (Lipinski definition) is 0. The van der Waals surface area contributed by atoms with Crippen molar-refractivity contribution in [2.75, 3.05) is 0 Å². The maximum atomic E-state index is 6.36. The predicted octanol–water partition coefficient (Wildman–Crippen LogP) is 4.08. The van der Waals surface area contributed by atoms with Crippen LogP contribution in [0.1, 0.15) is 35.8 Å². The first-order valence-electron chi connectivity index (χ1n) is 4.98. The molecule has 0 nitrogen and oxygen atoms in total. The highest BCUT2D eigenvalue weighted by Gasteiger charge is 2.26. The zero-order chi connectivity index (χ0) is 9.26. The molecular formula is C12H15Cl. The van der Waals surface area contributed by atoms with Crippen LogP contribution < -0.4 is 0 Å². The molecule has 0 heterocycles. The molecule has 1 atom stereocenters. The fourth-order valence-corrected chi connectivity index (χ4v) is 2.15. The Balaban J connectivity index is 2.10. The Morgan fingerprint density at radius 2 is 1.85 bits per heavy atom. The second-order valence-electron chi connectivity index (χ2n) is 4.00. The monoisotopic (exact) mass is 194 g/mol. The summed E-state index contributed by atoms with van der Waals surface area (Å²) in [6.45, 7) is 2.11. The van der Waals surface area contributed by atoms with E-state index in [1.165, 1.54) is 30.4 Å². The van der Waals surface area contributed by atoms with Crippen molar-refractivity contribution in [3.05, 3.63) is 35.4 Å². The van der Waals surface area contributed by atoms with Crippen LogP contribution in [0.4, 0.5) is 0 Å². The molecule has 0 spiro atoms. The van der Waals surface area contributed by atoms with Crippen LogP contribution in [0.5, 0.6) is 0 Å². The SMILES string of the molecule is Cc1ccc(C(Cl)C2CCC2)cc1. The third kappa shape index (κ3) is 1.88. The van der Waals surface area contributed by atoms with Crippen molar-refractivity contribution < 1.29 is 0 Å². The lowest BCUT2D eigenvalue weighted by Gasteiger charge is -2.30. The second-order valence-corrected chi connectivity index (χ2v) is 4.47. The normalized spacial score (nSPS) is 19.5. The van der Waals surface area contributed by atoms with Gasteiger partial charge in [-0.2, -0.15) is 0 Å². The van der Waals surface area contributed by atoms with E-state index in [1.807, 2.05) is 0 Å². The number of alkyl halides is 1. The summed E-state index contributed by atoms with van der Waals surface area (Å²) >= 11 is 6.36. The van der Waals surface area contributed by atoms with Crippen molar-refractivity contribution in [2.24, 2.45) is 5.92 Å². The molecule has 0 aromatic heterocycles. The summed E-state index contributed by atoms with van der Waals surface area (Å²) in [7, 11) is 0. The van der Waals surface area contributed by atoms with Crippen LogP contribution in [-0.4, -0.2) is 0 Å². The van der Waals surface area contributed by atoms with Gasteiger partial charge in [0.15, 0.2) is 0 Å². The zero-order valence-electron chi connectivity index (χ0n) is 7.96. The Hall–Kier alpha value is -0.490. The van der Waals surface area contributed by atoms with E-state index in [4.69, 9.17) is 11.6 Å². The molecule has 1 aliphatic carbocycles. The number of benzene rings is 1. The molecule has 1 fully saturated rings. The van der Waals surface area contributed by atoms with Crippen LogP contribution in [0.2, 0.25) is 0 Å². The van der Waals surface area contributed by atoms with E-state index in [9.17, 15) is 0 Å². The van der Waals surface area contributed by atoms with Gasteiger partial charge in [0.05, 0.1) is 5.38 Å². The van der Waals surface area contributed by atoms with Crippen molar-refractivity contribution in [2.45, 2.75) is 31.6 Å². The van der Waals surface area contributed by atoms with Gasteiger partial charge < -0.3 is 0 Å². The molecule has 1 unspecified atom stereocenters. The minimum atomic E-state index is 0.245. The van der Waals surface area contributed by atoms with Crippen molar-refractivity contribution in [3.8, 4) is 0 Å². The molecule has 1 heteroatoms. The first kappa shape index (κ1) is 9.08. The molecule has 1 aliphatic rings. The van der Waals surface area contributed by atoms with Crippen LogP contribution in [0, 0.1) is 12.8 Å². The summed E-state index contributed by atoms with van der Waals surface area (Å²) < 4.78 is 0. The third-order valence-electron chi connectivity index (χ3n) is 2.96. The maximum Gasteiger partial charge on any atom is 0.0613 e. The van der Waals surface area contributed by atoms with Gasteiger partial charge in [0.2, 0.25) is 0 Å². The van der Waals surface area contributed by atoms with Gasteiger partial charge in [0, 0.05) is 0 Å². The Labute approximate surface area is 84.9 Å². The average molecular weight is 195 g/mol. The highest BCUT2D eigenvalue weighted by atomic mass is 35.5. The Kier molecular flexibility index (Phi) is 2.59. The van der Waals surface area contributed by atoms with Gasteiger partial charge in [-0.3, -0.25) is 0 Å². The van der Waals surface area contributed by atoms with Crippen molar-refractivity contribution in [1.82, 2.24) is 0 Å². The molecular weight excluding hydrogens is 180 g/mol. The highest BCUT2D eigenvalue weighted by molar-refractivity contribution is 6.21. The van der Waals surface area contributed by atoms with E-state index in [0.717, 1.165) is 5.92 Å². The fraction of sp³-hybridized carbons (Fsp3) is 0.500. The van der Waals surface area contributed by atoms with E-state index >= 15 is 0 Å². The van der Waals surface area contributed by atoms with E-state index < -0.39 is 0 Å². The third-order valence-corrected chi connectivity index (χ3v) is 3.57. The molecule has 0 amide bonds. The molecule has 70 valence electrons. The Morgan fingerprint density at radius 3 is 2.31 bits per heavy atom. The van der Waals surface area contributed by atoms with Gasteiger partial charge in [0.1, 0.15) is 0 Å². The summed E-state index contributed by atoms with van der Waals surface area (Å²) in [5.41, 5.74) is 2.60. The Morgan fingerprint density at radius 1 is 1.23 bits per heavy atom. The molecule has 1 aromatic carbocycles. The van der Waals surface area contributed by atoms with Crippen LogP contribution in [-0.2, 0) is 0 Å². The van der Waals surface area contributed by atoms with Crippen molar-refractivity contribution in [3.63, 3.8) is 0 Å². The summed E-state index contributed by atoms with van der Waals surface area (Å²) in [6.07, 6.45) is 3.98. The lowest BCUT2D eigenvalue weighted by atomic mass is 9.80. The molecule has 2 rings (SSSR count). The lowest BCUT2D eigenvalue weighted by molar-refractivity contribution is 0.305. The minimum Gasteiger partial charge on any atom is -0.118 e. The first-order valence-corrected chi connectivity index (χ1v) is 5.41. The summed E-state index contributed by atoms with van der Waals surface area (Å²) in [5.74, 6) is 0.726. The highest BCUT2D eigenvalue weighted by Crippen LogP contribution is 2.41. The maximum absolute atomic E-state index is 6.36. The molecule has 0 radical (unpaired) electrons. The van der Waals surface area contributed by atoms with E-state index in [1.54, 1.807) is 0 Å². The van der Waals surface area contributed by atoms with Crippen LogP contribution >= 0.6 is 11.6 Å². The van der Waals surface area contributed by atoms with Gasteiger partial charge >= 0.3 is 0 Å². The van der Waals surface area contributed by atoms with Crippen LogP contribution in [0.15, 0.2) is 24.3 Å². The fourth-order valence-electron chi connectivity index (χ4n) is 1.75. The topological polar surface area (TPSA) is 0 Å². The summed E-state index contributed by atoms with van der Waals surface area (Å²) in [5, 5.41) is 0.245. The van der Waals surface area contributed by atoms with E-state index in [-0.39, 0.29) is 5.38 Å². The largest absolute Gasteiger partial charge is 0.118 e. The molecule has 13 heavy (non-hydrogen) atoms. The molecule has 0 N–H and O–H groups in total. The minimum absolute atomic E-state index is 0.245. The number of hydrogen-bond donors (Lipinski definition) is 0. The van der Waals surface area contributed by atoms with Crippen molar-refractivity contribution in [1.29, 1.82) is 0 Å². The lowest BCUT2D eigenvalue weighted by Crippen LogP contribution is -2.16. The van der Waals surface area contributed by atoms with Gasteiger partial charge in [-0.15, -0.1) is 11.6 Å². The van der Waals surface area contributed by atoms with E-state index in [0.29, 0.717) is 0 Å². The quantitative estimate of drug-likeness (QED) is 0.623. The summed E-state index contributed by atoms with van der Waals surface area (Å²) in [6, 6.07) is 8.60. The average Bonchev–Trinajstić information content (AvgIpc) is 2.02. The molecule has 0 aliphatic heterocycles. The second kappa shape index (κ2) is 3.71. The van der Waals surface area contributed by atoms with E-state index in [2.05, 4.69) is 31.2 Å². The van der Waals surface area contributed by atoms with Gasteiger partial charge in [-0.1, -0.05) is 36.2 Å². The Bertz CT molecular complexity index is 272. The van der Waals surface area contributed by atoms with Gasteiger partial charge in [0.25, 0.3) is 0 Å².